The van der Waals surface area contributed by atoms with Crippen LogP contribution in [0.3, 0.4) is 0 Å². The molecule has 0 heterocycles. The molecule has 0 spiro atoms. The number of benzene rings is 1. The zero-order valence-electron chi connectivity index (χ0n) is 9.57. The van der Waals surface area contributed by atoms with Gasteiger partial charge in [0.2, 0.25) is 0 Å². The molecule has 2 atom stereocenters. The number of nitrogens with one attached hydrogen (secondary N) is 1. The highest BCUT2D eigenvalue weighted by Crippen LogP contribution is 2.47. The average molecular weight is 255 g/mol. The van der Waals surface area contributed by atoms with E-state index in [9.17, 15) is 18.4 Å². The number of hydroxylamine groups is 1. The maximum atomic E-state index is 13.0. The number of carbonyl (C=O) groups excluding carboxylic acids is 2. The van der Waals surface area contributed by atoms with Crippen LogP contribution in [0, 0.1) is 17.6 Å². The molecule has 0 aliphatic heterocycles. The Bertz CT molecular complexity index is 504. The molecule has 96 valence electrons. The van der Waals surface area contributed by atoms with Crippen molar-refractivity contribution in [2.75, 3.05) is 0 Å². The number of hydrogen-bond acceptors (Lipinski definition) is 3. The Labute approximate surface area is 102 Å². The Kier molecular flexibility index (Phi) is 3.27. The van der Waals surface area contributed by atoms with Crippen molar-refractivity contribution in [3.05, 3.63) is 35.4 Å². The molecular weight excluding hydrogens is 244 g/mol. The van der Waals surface area contributed by atoms with Crippen LogP contribution in [0.2, 0.25) is 0 Å². The van der Waals surface area contributed by atoms with E-state index in [0.717, 1.165) is 12.1 Å². The molecule has 1 aliphatic carbocycles. The van der Waals surface area contributed by atoms with Gasteiger partial charge in [0, 0.05) is 12.8 Å². The second-order valence-electron chi connectivity index (χ2n) is 4.18. The van der Waals surface area contributed by atoms with Crippen LogP contribution in [0.4, 0.5) is 8.78 Å². The van der Waals surface area contributed by atoms with Gasteiger partial charge in [-0.25, -0.2) is 8.78 Å². The van der Waals surface area contributed by atoms with Crippen molar-refractivity contribution in [1.82, 2.24) is 5.48 Å². The fourth-order valence-electron chi connectivity index (χ4n) is 1.79. The summed E-state index contributed by atoms with van der Waals surface area (Å²) in [7, 11) is 0. The van der Waals surface area contributed by atoms with Crippen molar-refractivity contribution in [3.63, 3.8) is 0 Å². The maximum Gasteiger partial charge on any atom is 0.329 e. The molecule has 6 heteroatoms. The van der Waals surface area contributed by atoms with Crippen LogP contribution in [0.5, 0.6) is 0 Å². The highest BCUT2D eigenvalue weighted by atomic mass is 19.2. The van der Waals surface area contributed by atoms with Gasteiger partial charge in [-0.2, -0.15) is 5.48 Å². The summed E-state index contributed by atoms with van der Waals surface area (Å²) in [6, 6.07) is 3.56. The van der Waals surface area contributed by atoms with Crippen LogP contribution in [0.15, 0.2) is 18.2 Å². The molecule has 1 amide bonds. The molecule has 18 heavy (non-hydrogen) atoms. The Balaban J connectivity index is 1.96. The molecule has 0 bridgehead atoms. The van der Waals surface area contributed by atoms with E-state index in [0.29, 0.717) is 12.0 Å². The molecule has 4 nitrogen and oxygen atoms in total. The van der Waals surface area contributed by atoms with Gasteiger partial charge >= 0.3 is 5.97 Å². The van der Waals surface area contributed by atoms with Crippen LogP contribution in [0.25, 0.3) is 0 Å². The number of hydrogen-bond donors (Lipinski definition) is 1. The molecule has 1 aliphatic rings. The van der Waals surface area contributed by atoms with E-state index in [2.05, 4.69) is 4.84 Å². The van der Waals surface area contributed by atoms with Gasteiger partial charge in [0.1, 0.15) is 0 Å². The molecule has 1 N–H and O–H groups in total. The van der Waals surface area contributed by atoms with E-state index in [1.165, 1.54) is 13.0 Å². The Morgan fingerprint density at radius 1 is 1.33 bits per heavy atom. The minimum atomic E-state index is -0.932. The third-order valence-electron chi connectivity index (χ3n) is 2.79. The first-order chi connectivity index (χ1) is 8.49. The van der Waals surface area contributed by atoms with E-state index >= 15 is 0 Å². The summed E-state index contributed by atoms with van der Waals surface area (Å²) in [5.74, 6) is -3.42. The van der Waals surface area contributed by atoms with E-state index in [1.807, 2.05) is 5.48 Å². The SMILES string of the molecule is CC(=O)ONC(=O)[C@@H]1C[C@H]1c1ccc(F)c(F)c1. The Hall–Kier alpha value is -1.98. The summed E-state index contributed by atoms with van der Waals surface area (Å²) >= 11 is 0. The largest absolute Gasteiger partial charge is 0.341 e. The van der Waals surface area contributed by atoms with Crippen molar-refractivity contribution in [2.45, 2.75) is 19.3 Å². The monoisotopic (exact) mass is 255 g/mol. The molecule has 0 saturated heterocycles. The van der Waals surface area contributed by atoms with Crippen LogP contribution in [-0.2, 0) is 14.4 Å². The predicted molar refractivity (Wildman–Crippen MR) is 57.1 cm³/mol. The lowest BCUT2D eigenvalue weighted by Gasteiger charge is -2.03. The van der Waals surface area contributed by atoms with Gasteiger partial charge in [0.15, 0.2) is 11.6 Å². The van der Waals surface area contributed by atoms with Gasteiger partial charge in [-0.05, 0) is 30.0 Å². The van der Waals surface area contributed by atoms with Crippen LogP contribution < -0.4 is 5.48 Å². The van der Waals surface area contributed by atoms with Crippen molar-refractivity contribution in [1.29, 1.82) is 0 Å². The van der Waals surface area contributed by atoms with Crippen molar-refractivity contribution in [3.8, 4) is 0 Å². The summed E-state index contributed by atoms with van der Waals surface area (Å²) in [4.78, 5) is 26.3. The zero-order chi connectivity index (χ0) is 13.3. The molecule has 0 aromatic heterocycles. The Morgan fingerprint density at radius 2 is 2.06 bits per heavy atom. The molecule has 1 fully saturated rings. The van der Waals surface area contributed by atoms with Crippen molar-refractivity contribution < 1.29 is 23.2 Å². The van der Waals surface area contributed by atoms with Crippen LogP contribution >= 0.6 is 0 Å². The van der Waals surface area contributed by atoms with Gasteiger partial charge in [-0.1, -0.05) is 6.07 Å². The van der Waals surface area contributed by atoms with Gasteiger partial charge in [-0.3, -0.25) is 9.59 Å². The maximum absolute atomic E-state index is 13.0. The summed E-state index contributed by atoms with van der Waals surface area (Å²) in [6.45, 7) is 1.17. The summed E-state index contributed by atoms with van der Waals surface area (Å²) < 4.78 is 25.7. The van der Waals surface area contributed by atoms with Crippen LogP contribution in [-0.4, -0.2) is 11.9 Å². The number of halogens is 2. The first-order valence-electron chi connectivity index (χ1n) is 5.41. The highest BCUT2D eigenvalue weighted by molar-refractivity contribution is 5.83. The summed E-state index contributed by atoms with van der Waals surface area (Å²) in [5, 5.41) is 0. The number of carbonyl (C=O) groups is 2. The standard InChI is InChI=1S/C12H11F2NO3/c1-6(16)18-15-12(17)9-5-8(9)7-2-3-10(13)11(14)4-7/h2-4,8-9H,5H2,1H3,(H,15,17)/t8-,9+/m0/s1. The molecule has 2 rings (SSSR count). The summed E-state index contributed by atoms with van der Waals surface area (Å²) in [5.41, 5.74) is 2.58. The van der Waals surface area contributed by atoms with E-state index in [1.54, 1.807) is 0 Å². The lowest BCUT2D eigenvalue weighted by Crippen LogP contribution is -2.27. The Morgan fingerprint density at radius 3 is 2.67 bits per heavy atom. The summed E-state index contributed by atoms with van der Waals surface area (Å²) in [6.07, 6.45) is 0.526. The number of amides is 1. The lowest BCUT2D eigenvalue weighted by atomic mass is 10.1. The van der Waals surface area contributed by atoms with E-state index < -0.39 is 23.5 Å². The minimum Gasteiger partial charge on any atom is -0.341 e. The second kappa shape index (κ2) is 4.72. The number of rotatable bonds is 2. The third kappa shape index (κ3) is 2.64. The molecule has 0 unspecified atom stereocenters. The van der Waals surface area contributed by atoms with Gasteiger partial charge in [0.25, 0.3) is 5.91 Å². The fraction of sp³-hybridized carbons (Fsp3) is 0.333. The predicted octanol–water partition coefficient (Wildman–Crippen LogP) is 1.66. The van der Waals surface area contributed by atoms with Gasteiger partial charge in [-0.15, -0.1) is 0 Å². The van der Waals surface area contributed by atoms with Crippen LogP contribution in [0.1, 0.15) is 24.8 Å². The minimum absolute atomic E-state index is 0.157. The zero-order valence-corrected chi connectivity index (χ0v) is 9.57. The molecule has 0 radical (unpaired) electrons. The van der Waals surface area contributed by atoms with Gasteiger partial charge in [0.05, 0.1) is 0 Å². The first-order valence-corrected chi connectivity index (χ1v) is 5.41. The fourth-order valence-corrected chi connectivity index (χ4v) is 1.79. The van der Waals surface area contributed by atoms with Crippen molar-refractivity contribution >= 4 is 11.9 Å². The molecule has 1 aromatic rings. The normalized spacial score (nSPS) is 21.3. The highest BCUT2D eigenvalue weighted by Gasteiger charge is 2.44. The third-order valence-corrected chi connectivity index (χ3v) is 2.79. The van der Waals surface area contributed by atoms with Gasteiger partial charge < -0.3 is 4.84 Å². The first kappa shape index (κ1) is 12.5. The topological polar surface area (TPSA) is 55.4 Å². The second-order valence-corrected chi connectivity index (χ2v) is 4.18. The quantitative estimate of drug-likeness (QED) is 0.818. The van der Waals surface area contributed by atoms with E-state index in [4.69, 9.17) is 0 Å². The molecule has 1 saturated carbocycles. The molecule has 1 aromatic carbocycles. The lowest BCUT2D eigenvalue weighted by molar-refractivity contribution is -0.156. The smallest absolute Gasteiger partial charge is 0.329 e. The molecular formula is C12H11F2NO3. The van der Waals surface area contributed by atoms with Crippen molar-refractivity contribution in [2.24, 2.45) is 5.92 Å². The average Bonchev–Trinajstić information content (AvgIpc) is 3.09. The van der Waals surface area contributed by atoms with E-state index in [-0.39, 0.29) is 11.8 Å².